The molecule has 5 nitrogen and oxygen atoms in total. The molecular weight excluding hydrogens is 369 g/mol. The summed E-state index contributed by atoms with van der Waals surface area (Å²) in [6.07, 6.45) is -4.50. The third-order valence-electron chi connectivity index (χ3n) is 3.51. The van der Waals surface area contributed by atoms with Crippen molar-refractivity contribution in [3.63, 3.8) is 0 Å². The summed E-state index contributed by atoms with van der Waals surface area (Å²) < 4.78 is 43.8. The number of ether oxygens (including phenoxy) is 1. The maximum absolute atomic E-state index is 12.7. The molecule has 26 heavy (non-hydrogen) atoms. The quantitative estimate of drug-likeness (QED) is 0.720. The molecule has 1 heterocycles. The number of rotatable bonds is 4. The van der Waals surface area contributed by atoms with E-state index in [0.29, 0.717) is 22.6 Å². The first kappa shape index (κ1) is 17.8. The first-order chi connectivity index (χ1) is 12.4. The molecule has 0 spiro atoms. The Labute approximate surface area is 151 Å². The molecule has 0 saturated carbocycles. The van der Waals surface area contributed by atoms with Crippen LogP contribution in [-0.2, 0) is 12.8 Å². The first-order valence-electron chi connectivity index (χ1n) is 7.28. The van der Waals surface area contributed by atoms with Crippen molar-refractivity contribution in [2.45, 2.75) is 12.8 Å². The van der Waals surface area contributed by atoms with Crippen LogP contribution in [0.3, 0.4) is 0 Å². The molecular formula is C17H10ClF3N4O. The zero-order valence-electron chi connectivity index (χ0n) is 13.0. The summed E-state index contributed by atoms with van der Waals surface area (Å²) in [6.45, 7) is 0.0330. The van der Waals surface area contributed by atoms with E-state index in [-0.39, 0.29) is 17.3 Å². The smallest absolute Gasteiger partial charge is 0.417 e. The van der Waals surface area contributed by atoms with E-state index in [9.17, 15) is 13.2 Å². The predicted octanol–water partition coefficient (Wildman–Crippen LogP) is 4.59. The Bertz CT molecular complexity index is 979. The second-order valence-electron chi connectivity index (χ2n) is 5.26. The van der Waals surface area contributed by atoms with Crippen LogP contribution in [0.15, 0.2) is 42.5 Å². The number of nitriles is 1. The minimum Gasteiger partial charge on any atom is -0.489 e. The minimum absolute atomic E-state index is 0.0330. The number of hydrogen-bond acceptors (Lipinski definition) is 4. The van der Waals surface area contributed by atoms with Crippen molar-refractivity contribution < 1.29 is 17.9 Å². The van der Waals surface area contributed by atoms with E-state index in [1.54, 1.807) is 24.3 Å². The highest BCUT2D eigenvalue weighted by atomic mass is 35.5. The van der Waals surface area contributed by atoms with Crippen LogP contribution in [0.4, 0.5) is 13.2 Å². The normalized spacial score (nSPS) is 11.2. The van der Waals surface area contributed by atoms with Crippen LogP contribution < -0.4 is 4.74 Å². The summed E-state index contributed by atoms with van der Waals surface area (Å²) in [6, 6.07) is 12.2. The number of aromatic amines is 1. The molecule has 0 fully saturated rings. The molecule has 0 radical (unpaired) electrons. The van der Waals surface area contributed by atoms with E-state index in [2.05, 4.69) is 15.4 Å². The van der Waals surface area contributed by atoms with Crippen LogP contribution in [0.25, 0.3) is 11.3 Å². The lowest BCUT2D eigenvalue weighted by molar-refractivity contribution is -0.137. The lowest BCUT2D eigenvalue weighted by atomic mass is 10.1. The van der Waals surface area contributed by atoms with E-state index in [4.69, 9.17) is 21.6 Å². The molecule has 0 amide bonds. The van der Waals surface area contributed by atoms with Crippen LogP contribution in [-0.4, -0.2) is 15.4 Å². The summed E-state index contributed by atoms with van der Waals surface area (Å²) in [4.78, 5) is 0. The first-order valence-corrected chi connectivity index (χ1v) is 7.66. The summed E-state index contributed by atoms with van der Waals surface area (Å²) >= 11 is 5.70. The van der Waals surface area contributed by atoms with Crippen LogP contribution in [0, 0.1) is 11.3 Å². The highest BCUT2D eigenvalue weighted by Gasteiger charge is 2.33. The van der Waals surface area contributed by atoms with Crippen molar-refractivity contribution in [2.24, 2.45) is 0 Å². The zero-order valence-corrected chi connectivity index (χ0v) is 13.8. The molecule has 0 bridgehead atoms. The van der Waals surface area contributed by atoms with Crippen molar-refractivity contribution in [1.82, 2.24) is 15.4 Å². The van der Waals surface area contributed by atoms with E-state index in [0.717, 1.165) is 6.07 Å². The number of benzene rings is 2. The van der Waals surface area contributed by atoms with Crippen molar-refractivity contribution >= 4 is 11.6 Å². The molecule has 1 N–H and O–H groups in total. The predicted molar refractivity (Wildman–Crippen MR) is 87.3 cm³/mol. The van der Waals surface area contributed by atoms with Crippen LogP contribution in [0.2, 0.25) is 5.02 Å². The van der Waals surface area contributed by atoms with Gasteiger partial charge in [-0.05, 0) is 29.8 Å². The third kappa shape index (κ3) is 3.78. The highest BCUT2D eigenvalue weighted by molar-refractivity contribution is 6.31. The number of alkyl halides is 3. The fraction of sp³-hybridized carbons (Fsp3) is 0.118. The molecule has 3 rings (SSSR count). The van der Waals surface area contributed by atoms with Gasteiger partial charge in [-0.25, -0.2) is 0 Å². The molecule has 0 aliphatic heterocycles. The number of hydrogen-bond donors (Lipinski definition) is 1. The molecule has 132 valence electrons. The monoisotopic (exact) mass is 378 g/mol. The Hall–Kier alpha value is -3.05. The SMILES string of the molecule is N#Cc1n[nH]nc1-c1cccc(OCc2ccc(C(F)(F)F)c(Cl)c2)c1. The van der Waals surface area contributed by atoms with Gasteiger partial charge >= 0.3 is 6.18 Å². The second-order valence-corrected chi connectivity index (χ2v) is 5.67. The third-order valence-corrected chi connectivity index (χ3v) is 3.82. The van der Waals surface area contributed by atoms with Gasteiger partial charge in [0.25, 0.3) is 0 Å². The van der Waals surface area contributed by atoms with Gasteiger partial charge in [-0.2, -0.15) is 28.7 Å². The minimum atomic E-state index is -4.50. The Morgan fingerprint density at radius 1 is 1.15 bits per heavy atom. The van der Waals surface area contributed by atoms with Gasteiger partial charge in [0.05, 0.1) is 10.6 Å². The maximum Gasteiger partial charge on any atom is 0.417 e. The number of H-pyrrole nitrogens is 1. The van der Waals surface area contributed by atoms with E-state index in [1.807, 2.05) is 6.07 Å². The van der Waals surface area contributed by atoms with Gasteiger partial charge in [-0.15, -0.1) is 5.10 Å². The van der Waals surface area contributed by atoms with E-state index >= 15 is 0 Å². The van der Waals surface area contributed by atoms with Crippen molar-refractivity contribution in [3.05, 3.63) is 64.3 Å². The summed E-state index contributed by atoms with van der Waals surface area (Å²) in [5.41, 5.74) is 0.762. The zero-order chi connectivity index (χ0) is 18.7. The van der Waals surface area contributed by atoms with Gasteiger partial charge in [-0.1, -0.05) is 29.8 Å². The fourth-order valence-electron chi connectivity index (χ4n) is 2.29. The maximum atomic E-state index is 12.7. The lowest BCUT2D eigenvalue weighted by Crippen LogP contribution is -2.06. The molecule has 2 aromatic carbocycles. The van der Waals surface area contributed by atoms with Crippen LogP contribution in [0.5, 0.6) is 5.75 Å². The second kappa shape index (κ2) is 7.06. The lowest BCUT2D eigenvalue weighted by Gasteiger charge is -2.11. The molecule has 0 atom stereocenters. The van der Waals surface area contributed by atoms with Gasteiger partial charge in [0.2, 0.25) is 0 Å². The Balaban J connectivity index is 1.76. The van der Waals surface area contributed by atoms with Gasteiger partial charge in [0.15, 0.2) is 5.69 Å². The fourth-order valence-corrected chi connectivity index (χ4v) is 2.60. The average molecular weight is 379 g/mol. The molecule has 3 aromatic rings. The van der Waals surface area contributed by atoms with Gasteiger partial charge in [0, 0.05) is 5.56 Å². The highest BCUT2D eigenvalue weighted by Crippen LogP contribution is 2.35. The summed E-state index contributed by atoms with van der Waals surface area (Å²) in [7, 11) is 0. The van der Waals surface area contributed by atoms with E-state index in [1.165, 1.54) is 12.1 Å². The van der Waals surface area contributed by atoms with Crippen molar-refractivity contribution in [3.8, 4) is 23.1 Å². The molecule has 0 unspecified atom stereocenters. The van der Waals surface area contributed by atoms with Crippen molar-refractivity contribution in [2.75, 3.05) is 0 Å². The molecule has 0 saturated heterocycles. The summed E-state index contributed by atoms with van der Waals surface area (Å²) in [5.74, 6) is 0.463. The number of nitrogens with zero attached hydrogens (tertiary/aromatic N) is 3. The largest absolute Gasteiger partial charge is 0.489 e. The topological polar surface area (TPSA) is 74.6 Å². The van der Waals surface area contributed by atoms with Crippen LogP contribution >= 0.6 is 11.6 Å². The molecule has 0 aliphatic rings. The molecule has 9 heteroatoms. The van der Waals surface area contributed by atoms with Gasteiger partial charge in [0.1, 0.15) is 24.1 Å². The summed E-state index contributed by atoms with van der Waals surface area (Å²) in [5, 5.41) is 18.6. The average Bonchev–Trinajstić information content (AvgIpc) is 3.08. The van der Waals surface area contributed by atoms with Crippen LogP contribution in [0.1, 0.15) is 16.8 Å². The molecule has 0 aliphatic carbocycles. The van der Waals surface area contributed by atoms with Crippen molar-refractivity contribution in [1.29, 1.82) is 5.26 Å². The van der Waals surface area contributed by atoms with Gasteiger partial charge < -0.3 is 4.74 Å². The Morgan fingerprint density at radius 3 is 2.65 bits per heavy atom. The number of aromatic nitrogens is 3. The Kier molecular flexibility index (Phi) is 4.82. The molecule has 1 aromatic heterocycles. The van der Waals surface area contributed by atoms with E-state index < -0.39 is 11.7 Å². The van der Waals surface area contributed by atoms with Gasteiger partial charge in [-0.3, -0.25) is 0 Å². The number of halogens is 4. The standard InChI is InChI=1S/C17H10ClF3N4O/c18-14-6-10(4-5-13(14)17(19,20)21)9-26-12-3-1-2-11(7-12)16-15(8-22)23-25-24-16/h1-7H,9H2,(H,23,24,25). The Morgan fingerprint density at radius 2 is 1.96 bits per heavy atom. The number of nitrogens with one attached hydrogen (secondary N) is 1.